The zero-order valence-electron chi connectivity index (χ0n) is 12.3. The van der Waals surface area contributed by atoms with Gasteiger partial charge in [0, 0.05) is 24.8 Å². The van der Waals surface area contributed by atoms with E-state index in [1.54, 1.807) is 36.0 Å². The molecule has 2 aromatic rings. The second kappa shape index (κ2) is 10.8. The van der Waals surface area contributed by atoms with E-state index in [0.717, 1.165) is 9.36 Å². The number of hydrogen-bond donors (Lipinski definition) is 2. The van der Waals surface area contributed by atoms with E-state index in [9.17, 15) is 0 Å². The van der Waals surface area contributed by atoms with Gasteiger partial charge in [-0.2, -0.15) is 20.7 Å². The maximum absolute atomic E-state index is 8.40. The van der Waals surface area contributed by atoms with Gasteiger partial charge < -0.3 is 10.8 Å². The summed E-state index contributed by atoms with van der Waals surface area (Å²) < 4.78 is 2.31. The summed E-state index contributed by atoms with van der Waals surface area (Å²) in [6.07, 6.45) is 5.94. The predicted molar refractivity (Wildman–Crippen MR) is 85.7 cm³/mol. The minimum absolute atomic E-state index is 0. The van der Waals surface area contributed by atoms with E-state index >= 15 is 0 Å². The second-order valence-electron chi connectivity index (χ2n) is 3.80. The molecule has 0 saturated heterocycles. The summed E-state index contributed by atoms with van der Waals surface area (Å²) in [6, 6.07) is 6.44. The Balaban J connectivity index is 0.000000443. The van der Waals surface area contributed by atoms with E-state index in [4.69, 9.17) is 32.2 Å². The molecule has 0 aliphatic carbocycles. The van der Waals surface area contributed by atoms with E-state index in [-0.39, 0.29) is 39.9 Å². The molecule has 1 radical (unpaired) electrons. The fourth-order valence-corrected chi connectivity index (χ4v) is 1.29. The molecule has 2 aromatic heterocycles. The molecule has 0 saturated carbocycles. The first-order valence-corrected chi connectivity index (χ1v) is 6.11. The molecule has 0 amide bonds. The molecule has 11 heteroatoms. The molecule has 0 aliphatic heterocycles. The van der Waals surface area contributed by atoms with Crippen LogP contribution in [0.5, 0.6) is 0 Å². The van der Waals surface area contributed by atoms with Gasteiger partial charge in [0.2, 0.25) is 0 Å². The van der Waals surface area contributed by atoms with Gasteiger partial charge in [0.1, 0.15) is 23.3 Å². The van der Waals surface area contributed by atoms with E-state index < -0.39 is 0 Å². The smallest absolute Gasteiger partial charge is 0.762 e. The van der Waals surface area contributed by atoms with E-state index in [2.05, 4.69) is 10.2 Å². The fourth-order valence-electron chi connectivity index (χ4n) is 1.29. The van der Waals surface area contributed by atoms with E-state index in [1.165, 1.54) is 24.8 Å². The molecule has 0 bridgehead atoms. The predicted octanol–water partition coefficient (Wildman–Crippen LogP) is 0.793. The van der Waals surface area contributed by atoms with Crippen molar-refractivity contribution in [2.45, 2.75) is 0 Å². The maximum atomic E-state index is 8.40. The van der Waals surface area contributed by atoms with Crippen LogP contribution in [-0.4, -0.2) is 43.0 Å². The van der Waals surface area contributed by atoms with Gasteiger partial charge in [-0.25, -0.2) is 21.1 Å². The quantitative estimate of drug-likeness (QED) is 0.339. The minimum Gasteiger partial charge on any atom is -0.762 e. The molecule has 0 spiro atoms. The number of aromatic nitrogens is 4. The van der Waals surface area contributed by atoms with E-state index in [0.29, 0.717) is 0 Å². The van der Waals surface area contributed by atoms with Crippen LogP contribution in [0.3, 0.4) is 0 Å². The van der Waals surface area contributed by atoms with Gasteiger partial charge in [0.25, 0.3) is 0 Å². The number of allylic oxidation sites excluding steroid dienone is 2. The third kappa shape index (κ3) is 5.70. The molecule has 0 aromatic carbocycles. The standard InChI is InChI=1S/2C7H4N5.Cu/c2*8-4-6(5-9)7(10)12-3-1-2-11-12;/h2*1-3,10H;/q2*-1;+2. The summed E-state index contributed by atoms with van der Waals surface area (Å²) in [5.74, 6) is 2.81. The van der Waals surface area contributed by atoms with Gasteiger partial charge in [-0.3, -0.25) is 10.8 Å². The number of rotatable bonds is 2. The minimum atomic E-state index is -0.251. The topological polar surface area (TPSA) is 176 Å². The molecule has 125 valence electrons. The van der Waals surface area contributed by atoms with Crippen LogP contribution in [-0.2, 0) is 17.1 Å². The Labute approximate surface area is 152 Å². The molecule has 2 N–H and O–H groups in total. The summed E-state index contributed by atoms with van der Waals surface area (Å²) >= 11 is 0. The van der Waals surface area contributed by atoms with Gasteiger partial charge in [-0.15, -0.1) is 0 Å². The van der Waals surface area contributed by atoms with Crippen molar-refractivity contribution in [3.63, 3.8) is 0 Å². The summed E-state index contributed by atoms with van der Waals surface area (Å²) in [6.45, 7) is 0. The van der Waals surface area contributed by atoms with Crippen LogP contribution in [0.1, 0.15) is 0 Å². The van der Waals surface area contributed by atoms with Crippen molar-refractivity contribution in [1.82, 2.24) is 19.6 Å². The molecule has 2 rings (SSSR count). The Kier molecular flexibility index (Phi) is 9.15. The van der Waals surface area contributed by atoms with Crippen molar-refractivity contribution in [2.75, 3.05) is 0 Å². The van der Waals surface area contributed by atoms with Crippen molar-refractivity contribution in [1.29, 1.82) is 21.3 Å². The summed E-state index contributed by atoms with van der Waals surface area (Å²) in [4.78, 5) is 0. The Bertz CT molecular complexity index is 833. The summed E-state index contributed by atoms with van der Waals surface area (Å²) in [5.41, 5.74) is -0.502. The van der Waals surface area contributed by atoms with Gasteiger partial charge in [-0.1, -0.05) is 0 Å². The van der Waals surface area contributed by atoms with Crippen LogP contribution in [0.2, 0.25) is 0 Å². The SMILES string of the molecule is N#CC(=C=[N-])C(=N)n1cccn1.N#CC(=C=[N-])C(=N)n1cccn1.[Cu+2]. The van der Waals surface area contributed by atoms with Crippen LogP contribution < -0.4 is 0 Å². The zero-order valence-corrected chi connectivity index (χ0v) is 13.3. The van der Waals surface area contributed by atoms with Gasteiger partial charge in [-0.05, 0) is 12.1 Å². The number of nitrogens with one attached hydrogen (secondary N) is 2. The van der Waals surface area contributed by atoms with Crippen LogP contribution >= 0.6 is 0 Å². The maximum Gasteiger partial charge on any atom is 2.00 e. The Morgan fingerprint density at radius 1 is 0.840 bits per heavy atom. The Hall–Kier alpha value is -3.84. The normalized spacial score (nSPS) is 7.92. The van der Waals surface area contributed by atoms with Gasteiger partial charge in [0.15, 0.2) is 11.7 Å². The summed E-state index contributed by atoms with van der Waals surface area (Å²) in [7, 11) is 0. The molecule has 25 heavy (non-hydrogen) atoms. The van der Waals surface area contributed by atoms with Crippen molar-refractivity contribution in [3.8, 4) is 12.1 Å². The third-order valence-electron chi connectivity index (χ3n) is 2.39. The first-order valence-electron chi connectivity index (χ1n) is 6.11. The average Bonchev–Trinajstić information content (AvgIpc) is 3.31. The number of nitrogens with zero attached hydrogens (tertiary/aromatic N) is 8. The molecule has 0 unspecified atom stereocenters. The van der Waals surface area contributed by atoms with Crippen LogP contribution in [0.4, 0.5) is 0 Å². The molecule has 0 fully saturated rings. The van der Waals surface area contributed by atoms with Crippen LogP contribution in [0, 0.1) is 33.5 Å². The van der Waals surface area contributed by atoms with Crippen molar-refractivity contribution in [3.05, 3.63) is 58.9 Å². The largest absolute Gasteiger partial charge is 2.00 e. The molecule has 2 heterocycles. The first kappa shape index (κ1) is 21.2. The Morgan fingerprint density at radius 3 is 1.40 bits per heavy atom. The van der Waals surface area contributed by atoms with E-state index in [1.807, 2.05) is 0 Å². The fraction of sp³-hybridized carbons (Fsp3) is 0. The van der Waals surface area contributed by atoms with Crippen molar-refractivity contribution in [2.24, 2.45) is 0 Å². The zero-order chi connectivity index (χ0) is 17.9. The first-order chi connectivity index (χ1) is 11.6. The monoisotopic (exact) mass is 379 g/mol. The third-order valence-corrected chi connectivity index (χ3v) is 2.39. The second-order valence-corrected chi connectivity index (χ2v) is 3.80. The molecule has 10 nitrogen and oxygen atoms in total. The van der Waals surface area contributed by atoms with Crippen molar-refractivity contribution >= 4 is 23.4 Å². The molecular formula is C14H8CuN10. The van der Waals surface area contributed by atoms with Gasteiger partial charge >= 0.3 is 17.1 Å². The Morgan fingerprint density at radius 2 is 1.20 bits per heavy atom. The van der Waals surface area contributed by atoms with Crippen molar-refractivity contribution < 1.29 is 17.1 Å². The summed E-state index contributed by atoms with van der Waals surface area (Å²) in [5, 5.41) is 55.7. The van der Waals surface area contributed by atoms with Crippen LogP contribution in [0.25, 0.3) is 10.8 Å². The molecule has 0 atom stereocenters. The van der Waals surface area contributed by atoms with Crippen LogP contribution in [0.15, 0.2) is 48.1 Å². The molecule has 0 aliphatic rings. The number of hydrogen-bond acceptors (Lipinski definition) is 6. The number of nitriles is 2. The average molecular weight is 380 g/mol. The molecular weight excluding hydrogens is 372 g/mol. The van der Waals surface area contributed by atoms with Gasteiger partial charge in [0.05, 0.1) is 0 Å².